The second-order valence-electron chi connectivity index (χ2n) is 5.15. The van der Waals surface area contributed by atoms with Gasteiger partial charge in [-0.3, -0.25) is 0 Å². The Morgan fingerprint density at radius 1 is 1.33 bits per heavy atom. The summed E-state index contributed by atoms with van der Waals surface area (Å²) in [6.07, 6.45) is 2.93. The molecule has 0 saturated heterocycles. The lowest BCUT2D eigenvalue weighted by Gasteiger charge is -2.27. The Kier molecular flexibility index (Phi) is 5.29. The van der Waals surface area contributed by atoms with Crippen LogP contribution in [0.3, 0.4) is 0 Å². The first-order valence-corrected chi connectivity index (χ1v) is 8.02. The van der Waals surface area contributed by atoms with Crippen molar-refractivity contribution in [3.8, 4) is 0 Å². The Morgan fingerprint density at radius 3 is 2.57 bits per heavy atom. The molecule has 1 saturated carbocycles. The maximum Gasteiger partial charge on any atom is 0.153 e. The van der Waals surface area contributed by atoms with Crippen LogP contribution < -0.4 is 22.3 Å². The molecular weight excluding hydrogens is 290 g/mol. The van der Waals surface area contributed by atoms with Crippen molar-refractivity contribution in [3.63, 3.8) is 0 Å². The van der Waals surface area contributed by atoms with Crippen LogP contribution in [0.25, 0.3) is 0 Å². The predicted octanol–water partition coefficient (Wildman–Crippen LogP) is -0.230. The second-order valence-corrected chi connectivity index (χ2v) is 6.18. The minimum Gasteiger partial charge on any atom is -0.393 e. The maximum absolute atomic E-state index is 11.7. The van der Waals surface area contributed by atoms with Gasteiger partial charge in [-0.1, -0.05) is 12.1 Å². The molecule has 1 aromatic rings. The van der Waals surface area contributed by atoms with E-state index in [0.717, 1.165) is 31.2 Å². The summed E-state index contributed by atoms with van der Waals surface area (Å²) in [6, 6.07) is 5.42. The lowest BCUT2D eigenvalue weighted by atomic mass is 9.81. The van der Waals surface area contributed by atoms with Gasteiger partial charge in [0, 0.05) is 5.56 Å². The highest BCUT2D eigenvalue weighted by molar-refractivity contribution is 7.82. The molecule has 0 amide bonds. The van der Waals surface area contributed by atoms with Crippen LogP contribution in [0.5, 0.6) is 0 Å². The number of aliphatic hydroxyl groups excluding tert-OH is 1. The molecule has 1 fully saturated rings. The quantitative estimate of drug-likeness (QED) is 0.226. The van der Waals surface area contributed by atoms with Gasteiger partial charge in [0.1, 0.15) is 11.0 Å². The number of hydrogen-bond donors (Lipinski definition) is 5. The fourth-order valence-corrected chi connectivity index (χ4v) is 3.48. The number of rotatable bonds is 4. The fourth-order valence-electron chi connectivity index (χ4n) is 2.84. The summed E-state index contributed by atoms with van der Waals surface area (Å²) in [5.74, 6) is 5.58. The Labute approximate surface area is 126 Å². The molecule has 0 aliphatic heterocycles. The molecule has 0 heterocycles. The van der Waals surface area contributed by atoms with Crippen molar-refractivity contribution in [1.29, 1.82) is 0 Å². The summed E-state index contributed by atoms with van der Waals surface area (Å²) in [7, 11) is -1.67. The first-order chi connectivity index (χ1) is 10.0. The van der Waals surface area contributed by atoms with E-state index in [1.807, 2.05) is 12.1 Å². The van der Waals surface area contributed by atoms with E-state index in [2.05, 4.69) is 10.6 Å². The topological polar surface area (TPSA) is 140 Å². The molecule has 2 rings (SSSR count). The van der Waals surface area contributed by atoms with Crippen molar-refractivity contribution in [2.75, 3.05) is 0 Å². The molecule has 7 nitrogen and oxygen atoms in total. The van der Waals surface area contributed by atoms with Crippen molar-refractivity contribution in [3.05, 3.63) is 29.3 Å². The summed E-state index contributed by atoms with van der Waals surface area (Å²) < 4.78 is 11.7. The number of hydrazone groups is 1. The molecule has 21 heavy (non-hydrogen) atoms. The fraction of sp³-hybridized carbons (Fsp3) is 0.462. The highest BCUT2D eigenvalue weighted by Gasteiger charge is 2.25. The smallest absolute Gasteiger partial charge is 0.153 e. The van der Waals surface area contributed by atoms with Gasteiger partial charge in [0.15, 0.2) is 5.84 Å². The summed E-state index contributed by atoms with van der Waals surface area (Å²) in [6.45, 7) is 0. The number of nitrogens with zero attached hydrogens (tertiary/aromatic N) is 1. The Balaban J connectivity index is 2.47. The van der Waals surface area contributed by atoms with Crippen molar-refractivity contribution < 1.29 is 9.32 Å². The van der Waals surface area contributed by atoms with Crippen molar-refractivity contribution >= 4 is 16.8 Å². The second kappa shape index (κ2) is 6.99. The van der Waals surface area contributed by atoms with Crippen molar-refractivity contribution in [2.24, 2.45) is 21.8 Å². The molecule has 1 unspecified atom stereocenters. The van der Waals surface area contributed by atoms with Gasteiger partial charge in [-0.25, -0.2) is 20.7 Å². The number of nitrogens with one attached hydrogen (secondary N) is 1. The van der Waals surface area contributed by atoms with Crippen LogP contribution in [-0.2, 0) is 11.0 Å². The van der Waals surface area contributed by atoms with E-state index in [9.17, 15) is 9.32 Å². The van der Waals surface area contributed by atoms with E-state index in [1.54, 1.807) is 6.07 Å². The van der Waals surface area contributed by atoms with E-state index < -0.39 is 11.0 Å². The van der Waals surface area contributed by atoms with E-state index >= 15 is 0 Å². The molecule has 8 heteroatoms. The third-order valence-electron chi connectivity index (χ3n) is 3.85. The summed E-state index contributed by atoms with van der Waals surface area (Å²) in [4.78, 5) is 0.440. The minimum absolute atomic E-state index is 0.160. The molecule has 0 radical (unpaired) electrons. The Hall–Kier alpha value is -1.48. The van der Waals surface area contributed by atoms with Crippen molar-refractivity contribution in [2.45, 2.75) is 42.6 Å². The number of benzene rings is 1. The van der Waals surface area contributed by atoms with E-state index in [1.165, 1.54) is 0 Å². The number of amidine groups is 1. The lowest BCUT2D eigenvalue weighted by Crippen LogP contribution is -2.27. The molecule has 1 aromatic carbocycles. The summed E-state index contributed by atoms with van der Waals surface area (Å²) in [5, 5.41) is 19.0. The van der Waals surface area contributed by atoms with Crippen LogP contribution in [0.1, 0.15) is 42.7 Å². The van der Waals surface area contributed by atoms with Gasteiger partial charge in [-0.2, -0.15) is 0 Å². The molecule has 1 aliphatic carbocycles. The third-order valence-corrected chi connectivity index (χ3v) is 4.63. The third kappa shape index (κ3) is 3.59. The van der Waals surface area contributed by atoms with Crippen LogP contribution in [0.4, 0.5) is 0 Å². The molecule has 1 aliphatic rings. The van der Waals surface area contributed by atoms with Crippen LogP contribution in [0.2, 0.25) is 0 Å². The molecule has 8 N–H and O–H groups in total. The van der Waals surface area contributed by atoms with Crippen molar-refractivity contribution in [1.82, 2.24) is 5.53 Å². The average Bonchev–Trinajstić information content (AvgIpc) is 2.47. The normalized spacial score (nSPS) is 24.6. The molecule has 0 spiro atoms. The zero-order valence-corrected chi connectivity index (χ0v) is 12.5. The Bertz CT molecular complexity index is 555. The molecule has 116 valence electrons. The largest absolute Gasteiger partial charge is 0.393 e. The van der Waals surface area contributed by atoms with Gasteiger partial charge in [0.2, 0.25) is 0 Å². The zero-order valence-electron chi connectivity index (χ0n) is 11.7. The zero-order chi connectivity index (χ0) is 15.4. The number of hydrogen-bond acceptors (Lipinski definition) is 5. The maximum atomic E-state index is 11.7. The number of nitrogens with two attached hydrogens (primary N) is 3. The average molecular weight is 311 g/mol. The number of aliphatic hydroxyl groups is 1. The molecule has 1 atom stereocenters. The molecule has 0 bridgehead atoms. The van der Waals surface area contributed by atoms with Gasteiger partial charge in [-0.05, 0) is 43.2 Å². The van der Waals surface area contributed by atoms with E-state index in [-0.39, 0.29) is 17.9 Å². The van der Waals surface area contributed by atoms with Gasteiger partial charge in [0.25, 0.3) is 0 Å². The summed E-state index contributed by atoms with van der Waals surface area (Å²) >= 11 is 0. The van der Waals surface area contributed by atoms with Crippen LogP contribution in [0.15, 0.2) is 28.2 Å². The van der Waals surface area contributed by atoms with Gasteiger partial charge >= 0.3 is 0 Å². The van der Waals surface area contributed by atoms with Gasteiger partial charge in [0.05, 0.1) is 11.0 Å². The molecule has 0 aromatic heterocycles. The van der Waals surface area contributed by atoms with E-state index in [0.29, 0.717) is 10.5 Å². The van der Waals surface area contributed by atoms with E-state index in [4.69, 9.17) is 16.7 Å². The monoisotopic (exact) mass is 311 g/mol. The summed E-state index contributed by atoms with van der Waals surface area (Å²) in [5.41, 5.74) is 9.63. The highest BCUT2D eigenvalue weighted by Crippen LogP contribution is 2.35. The Morgan fingerprint density at radius 2 is 2.00 bits per heavy atom. The SMILES string of the molecule is NN/N=C(\N)c1c(C2CCC(O)CC2)cccc1S(N)=O. The minimum atomic E-state index is -1.67. The van der Waals surface area contributed by atoms with Crippen LogP contribution in [-0.4, -0.2) is 21.3 Å². The van der Waals surface area contributed by atoms with Gasteiger partial charge in [-0.15, -0.1) is 5.10 Å². The highest BCUT2D eigenvalue weighted by atomic mass is 32.2. The molecular formula is C13H21N5O2S. The first kappa shape index (κ1) is 15.9. The first-order valence-electron chi connectivity index (χ1n) is 6.80. The predicted molar refractivity (Wildman–Crippen MR) is 82.3 cm³/mol. The number of hydrazine groups is 1. The standard InChI is InChI=1S/C13H21N5O2S/c14-13(17-18-15)12-10(2-1-3-11(12)21(16)20)8-4-6-9(19)7-5-8/h1-3,8-9,18-19H,4-7,15-16H2,(H2,14,17). The van der Waals surface area contributed by atoms with Crippen LogP contribution >= 0.6 is 0 Å². The van der Waals surface area contributed by atoms with Crippen LogP contribution in [0, 0.1) is 0 Å². The van der Waals surface area contributed by atoms with Gasteiger partial charge < -0.3 is 10.8 Å². The lowest BCUT2D eigenvalue weighted by molar-refractivity contribution is 0.122.